The van der Waals surface area contributed by atoms with Gasteiger partial charge in [-0.25, -0.2) is 9.97 Å². The van der Waals surface area contributed by atoms with E-state index in [1.54, 1.807) is 0 Å². The van der Waals surface area contributed by atoms with Gasteiger partial charge in [0.15, 0.2) is 0 Å². The number of hydrogen-bond acceptors (Lipinski definition) is 3. The quantitative estimate of drug-likeness (QED) is 0.203. The van der Waals surface area contributed by atoms with Crippen LogP contribution in [0.25, 0.3) is 105 Å². The Labute approximate surface area is 262 Å². The van der Waals surface area contributed by atoms with Crippen molar-refractivity contribution in [3.63, 3.8) is 0 Å². The number of nitrogens with zero attached hydrogens (tertiary/aromatic N) is 3. The van der Waals surface area contributed by atoms with Crippen LogP contribution in [0.3, 0.4) is 0 Å². The second-order valence-electron chi connectivity index (χ2n) is 12.1. The van der Waals surface area contributed by atoms with Crippen molar-refractivity contribution >= 4 is 65.4 Å². The molecule has 1 aliphatic rings. The van der Waals surface area contributed by atoms with Crippen molar-refractivity contribution in [3.8, 4) is 39.5 Å². The van der Waals surface area contributed by atoms with Gasteiger partial charge in [0.25, 0.3) is 0 Å². The van der Waals surface area contributed by atoms with Crippen LogP contribution >= 0.6 is 0 Å². The van der Waals surface area contributed by atoms with Crippen molar-refractivity contribution < 1.29 is 4.42 Å². The van der Waals surface area contributed by atoms with Crippen molar-refractivity contribution in [3.05, 3.63) is 140 Å². The zero-order valence-corrected chi connectivity index (χ0v) is 24.5. The fourth-order valence-corrected chi connectivity index (χ4v) is 7.82. The second-order valence-corrected chi connectivity index (χ2v) is 12.1. The Morgan fingerprint density at radius 2 is 1.20 bits per heavy atom. The lowest BCUT2D eigenvalue weighted by Gasteiger charge is -2.13. The number of para-hydroxylation sites is 2. The van der Waals surface area contributed by atoms with Crippen molar-refractivity contribution in [2.45, 2.75) is 0 Å². The highest BCUT2D eigenvalue weighted by molar-refractivity contribution is 6.31. The van der Waals surface area contributed by atoms with Gasteiger partial charge in [0.05, 0.1) is 27.6 Å². The Morgan fingerprint density at radius 3 is 2.09 bits per heavy atom. The van der Waals surface area contributed by atoms with Gasteiger partial charge in [0, 0.05) is 32.5 Å². The Kier molecular flexibility index (Phi) is 4.55. The average molecular weight is 586 g/mol. The van der Waals surface area contributed by atoms with E-state index in [-0.39, 0.29) is 0 Å². The lowest BCUT2D eigenvalue weighted by molar-refractivity contribution is 0.673. The van der Waals surface area contributed by atoms with Gasteiger partial charge in [-0.15, -0.1) is 0 Å². The molecule has 3 heterocycles. The fourth-order valence-electron chi connectivity index (χ4n) is 7.82. The summed E-state index contributed by atoms with van der Waals surface area (Å²) in [5, 5.41) is 7.91. The highest BCUT2D eigenvalue weighted by Crippen LogP contribution is 2.52. The molecule has 11 rings (SSSR count). The first-order chi connectivity index (χ1) is 22.8. The topological polar surface area (TPSA) is 43.9 Å². The minimum atomic E-state index is 0.643. The van der Waals surface area contributed by atoms with Crippen molar-refractivity contribution in [2.75, 3.05) is 0 Å². The summed E-state index contributed by atoms with van der Waals surface area (Å²) >= 11 is 0. The smallest absolute Gasteiger partial charge is 0.235 e. The molecule has 3 aromatic heterocycles. The maximum absolute atomic E-state index is 6.70. The van der Waals surface area contributed by atoms with Gasteiger partial charge in [0.1, 0.15) is 11.2 Å². The van der Waals surface area contributed by atoms with Crippen molar-refractivity contribution in [2.24, 2.45) is 0 Å². The van der Waals surface area contributed by atoms with E-state index in [0.717, 1.165) is 65.9 Å². The van der Waals surface area contributed by atoms with E-state index in [4.69, 9.17) is 14.4 Å². The van der Waals surface area contributed by atoms with Gasteiger partial charge < -0.3 is 4.42 Å². The molecule has 0 radical (unpaired) electrons. The molecule has 0 fully saturated rings. The van der Waals surface area contributed by atoms with E-state index < -0.39 is 0 Å². The molecule has 1 aliphatic carbocycles. The molecule has 4 nitrogen and oxygen atoms in total. The Morgan fingerprint density at radius 1 is 0.478 bits per heavy atom. The van der Waals surface area contributed by atoms with Crippen LogP contribution < -0.4 is 0 Å². The highest BCUT2D eigenvalue weighted by Gasteiger charge is 2.28. The molecule has 0 amide bonds. The lowest BCUT2D eigenvalue weighted by atomic mass is 9.98. The van der Waals surface area contributed by atoms with Crippen molar-refractivity contribution in [1.82, 2.24) is 14.5 Å². The van der Waals surface area contributed by atoms with E-state index in [0.29, 0.717) is 5.95 Å². The first kappa shape index (κ1) is 24.1. The number of fused-ring (bicyclic) bond motifs is 12. The zero-order valence-electron chi connectivity index (χ0n) is 24.5. The van der Waals surface area contributed by atoms with Crippen LogP contribution in [0.5, 0.6) is 0 Å². The first-order valence-electron chi connectivity index (χ1n) is 15.6. The molecule has 0 aliphatic heterocycles. The third-order valence-electron chi connectivity index (χ3n) is 9.74. The molecule has 10 aromatic rings. The summed E-state index contributed by atoms with van der Waals surface area (Å²) in [6.07, 6.45) is 0. The number of aromatic nitrogens is 3. The van der Waals surface area contributed by atoms with Crippen LogP contribution in [0.2, 0.25) is 0 Å². The number of rotatable bonds is 2. The maximum atomic E-state index is 6.70. The predicted octanol–water partition coefficient (Wildman–Crippen LogP) is 11.1. The molecule has 0 spiro atoms. The van der Waals surface area contributed by atoms with Crippen molar-refractivity contribution in [1.29, 1.82) is 0 Å². The normalized spacial score (nSPS) is 12.3. The SMILES string of the molecule is c1ccc(-c2nc(-n3c4ccc5c6ccccc6oc5c4c4cc5c6c(cccc6c43)-c3ccccc3-5)nc3ccccc23)cc1. The summed E-state index contributed by atoms with van der Waals surface area (Å²) in [6.45, 7) is 0. The van der Waals surface area contributed by atoms with Gasteiger partial charge >= 0.3 is 0 Å². The second kappa shape index (κ2) is 8.68. The van der Waals surface area contributed by atoms with E-state index in [2.05, 4.69) is 126 Å². The number of hydrogen-bond donors (Lipinski definition) is 0. The van der Waals surface area contributed by atoms with E-state index >= 15 is 0 Å². The maximum Gasteiger partial charge on any atom is 0.235 e. The molecule has 4 heteroatoms. The standard InChI is InChI=1S/C42H23N3O/c1-2-11-24(12-3-1)39-30-16-6-8-19-34(30)43-42(44-39)45-35-22-21-29-27-15-7-9-20-36(27)46-41(29)38(35)33-23-32-26-14-5-4-13-25(26)28-17-10-18-31(37(28)32)40(33)45/h1-23H. The van der Waals surface area contributed by atoms with E-state index in [1.807, 2.05) is 18.2 Å². The molecule has 0 N–H and O–H groups in total. The first-order valence-corrected chi connectivity index (χ1v) is 15.6. The molecular weight excluding hydrogens is 562 g/mol. The van der Waals surface area contributed by atoms with Gasteiger partial charge in [-0.1, -0.05) is 109 Å². The molecule has 46 heavy (non-hydrogen) atoms. The predicted molar refractivity (Wildman–Crippen MR) is 189 cm³/mol. The Bertz CT molecular complexity index is 2910. The van der Waals surface area contributed by atoms with Crippen LogP contribution in [0, 0.1) is 0 Å². The van der Waals surface area contributed by atoms with Crippen LogP contribution in [-0.2, 0) is 0 Å². The van der Waals surface area contributed by atoms with Crippen LogP contribution in [-0.4, -0.2) is 14.5 Å². The molecule has 0 saturated heterocycles. The van der Waals surface area contributed by atoms with Crippen LogP contribution in [0.4, 0.5) is 0 Å². The van der Waals surface area contributed by atoms with E-state index in [1.165, 1.54) is 33.0 Å². The molecule has 0 atom stereocenters. The van der Waals surface area contributed by atoms with Gasteiger partial charge in [-0.05, 0) is 58.0 Å². The highest BCUT2D eigenvalue weighted by atomic mass is 16.3. The largest absolute Gasteiger partial charge is 0.455 e. The van der Waals surface area contributed by atoms with Gasteiger partial charge in [-0.2, -0.15) is 0 Å². The lowest BCUT2D eigenvalue weighted by Crippen LogP contribution is -2.03. The summed E-state index contributed by atoms with van der Waals surface area (Å²) in [5.41, 5.74) is 11.8. The molecule has 212 valence electrons. The average Bonchev–Trinajstić information content (AvgIpc) is 3.77. The van der Waals surface area contributed by atoms with Crippen LogP contribution in [0.1, 0.15) is 0 Å². The molecule has 0 bridgehead atoms. The summed E-state index contributed by atoms with van der Waals surface area (Å²) in [4.78, 5) is 10.6. The molecule has 0 unspecified atom stereocenters. The molecular formula is C42H23N3O. The monoisotopic (exact) mass is 585 g/mol. The van der Waals surface area contributed by atoms with Gasteiger partial charge in [-0.3, -0.25) is 4.57 Å². The summed E-state index contributed by atoms with van der Waals surface area (Å²) in [6, 6.07) is 49.2. The molecule has 0 saturated carbocycles. The summed E-state index contributed by atoms with van der Waals surface area (Å²) in [5.74, 6) is 0.643. The zero-order chi connectivity index (χ0) is 29.9. The third-order valence-corrected chi connectivity index (χ3v) is 9.74. The van der Waals surface area contributed by atoms with E-state index in [9.17, 15) is 0 Å². The van der Waals surface area contributed by atoms with Crippen LogP contribution in [0.15, 0.2) is 144 Å². The fraction of sp³-hybridized carbons (Fsp3) is 0. The minimum Gasteiger partial charge on any atom is -0.455 e. The Balaban J connectivity index is 1.37. The summed E-state index contributed by atoms with van der Waals surface area (Å²) in [7, 11) is 0. The minimum absolute atomic E-state index is 0.643. The number of benzene rings is 7. The summed E-state index contributed by atoms with van der Waals surface area (Å²) < 4.78 is 8.97. The Hall–Kier alpha value is -6.26. The molecule has 7 aromatic carbocycles. The number of furan rings is 1. The third kappa shape index (κ3) is 3.03. The van der Waals surface area contributed by atoms with Gasteiger partial charge in [0.2, 0.25) is 5.95 Å².